The molecular weight excluding hydrogens is 565 g/mol. The van der Waals surface area contributed by atoms with Crippen LogP contribution in [0, 0.1) is 34.6 Å². The first kappa shape index (κ1) is 28.9. The summed E-state index contributed by atoms with van der Waals surface area (Å²) in [5, 5.41) is 11.5. The Morgan fingerprint density at radius 1 is 0.721 bits per heavy atom. The summed E-state index contributed by atoms with van der Waals surface area (Å²) in [5.41, 5.74) is 2.00. The monoisotopic (exact) mass is 588 g/mol. The highest BCUT2D eigenvalue weighted by molar-refractivity contribution is 5.52. The second-order valence-electron chi connectivity index (χ2n) is 9.23. The number of nitrogens with zero attached hydrogens (tertiary/aromatic N) is 2. The van der Waals surface area contributed by atoms with E-state index in [4.69, 9.17) is 18.9 Å². The lowest BCUT2D eigenvalue weighted by Crippen LogP contribution is -2.04. The average molecular weight is 589 g/mol. The second-order valence-corrected chi connectivity index (χ2v) is 9.23. The van der Waals surface area contributed by atoms with Crippen LogP contribution in [-0.4, -0.2) is 9.91 Å². The number of ether oxygens (including phenoxy) is 4. The quantitative estimate of drug-likeness (QED) is 0.0868. The number of nitro benzene ring substituents is 1. The number of rotatable bonds is 11. The van der Waals surface area contributed by atoms with Crippen LogP contribution in [0.25, 0.3) is 0 Å². The van der Waals surface area contributed by atoms with Gasteiger partial charge in [0.25, 0.3) is 11.8 Å². The Bertz CT molecular complexity index is 1750. The molecule has 5 rings (SSSR count). The fraction of sp³-hybridized carbons (Fsp3) is 0.0938. The first-order chi connectivity index (χ1) is 20.8. The maximum Gasteiger partial charge on any atom is 0.311 e. The van der Waals surface area contributed by atoms with Crippen LogP contribution in [0.3, 0.4) is 0 Å². The third-order valence-corrected chi connectivity index (χ3v) is 6.16. The number of benzene rings is 4. The summed E-state index contributed by atoms with van der Waals surface area (Å²) in [6, 6.07) is 26.1. The van der Waals surface area contributed by atoms with Crippen molar-refractivity contribution in [1.29, 1.82) is 0 Å². The van der Waals surface area contributed by atoms with Crippen molar-refractivity contribution in [2.75, 3.05) is 0 Å². The van der Waals surface area contributed by atoms with Crippen molar-refractivity contribution in [1.82, 2.24) is 4.98 Å². The summed E-state index contributed by atoms with van der Waals surface area (Å²) in [6.07, 6.45) is 0. The van der Waals surface area contributed by atoms with Gasteiger partial charge in [-0.1, -0.05) is 66.7 Å². The predicted octanol–water partition coefficient (Wildman–Crippen LogP) is 8.46. The molecule has 1 heterocycles. The summed E-state index contributed by atoms with van der Waals surface area (Å²) < 4.78 is 66.8. The summed E-state index contributed by atoms with van der Waals surface area (Å²) in [4.78, 5) is 14.1. The highest BCUT2D eigenvalue weighted by atomic mass is 19.2. The predicted molar refractivity (Wildman–Crippen MR) is 150 cm³/mol. The van der Waals surface area contributed by atoms with Gasteiger partial charge in [0.1, 0.15) is 30.5 Å². The van der Waals surface area contributed by atoms with Gasteiger partial charge in [0, 0.05) is 18.2 Å². The number of hydrogen-bond acceptors (Lipinski definition) is 7. The van der Waals surface area contributed by atoms with Crippen LogP contribution in [0.5, 0.6) is 34.6 Å². The van der Waals surface area contributed by atoms with Crippen LogP contribution in [-0.2, 0) is 13.2 Å². The van der Waals surface area contributed by atoms with Crippen molar-refractivity contribution >= 4 is 5.69 Å². The fourth-order valence-corrected chi connectivity index (χ4v) is 3.96. The van der Waals surface area contributed by atoms with Gasteiger partial charge in [-0.25, -0.2) is 0 Å². The van der Waals surface area contributed by atoms with Gasteiger partial charge in [-0.15, -0.1) is 0 Å². The molecule has 0 N–H and O–H groups in total. The van der Waals surface area contributed by atoms with Crippen molar-refractivity contribution < 1.29 is 37.0 Å². The normalized spacial score (nSPS) is 10.7. The number of nitro groups is 1. The number of aromatic nitrogens is 1. The standard InChI is InChI=1S/C32H23F3N2O6/c1-20-12-13-24(16-26(20)40-18-21-8-4-2-5-9-21)43-32-29(34)30(28(33)31(35)36-32)42-23-14-15-25(37(38)39)27(17-23)41-19-22-10-6-3-7-11-22/h2-17H,18-19H2,1H3. The van der Waals surface area contributed by atoms with Crippen LogP contribution >= 0.6 is 0 Å². The topological polar surface area (TPSA) is 93.0 Å². The Morgan fingerprint density at radius 3 is 1.91 bits per heavy atom. The molecule has 0 fully saturated rings. The van der Waals surface area contributed by atoms with Crippen LogP contribution in [0.2, 0.25) is 0 Å². The van der Waals surface area contributed by atoms with Crippen molar-refractivity contribution in [3.63, 3.8) is 0 Å². The second kappa shape index (κ2) is 12.9. The summed E-state index contributed by atoms with van der Waals surface area (Å²) in [7, 11) is 0. The van der Waals surface area contributed by atoms with Gasteiger partial charge < -0.3 is 18.9 Å². The van der Waals surface area contributed by atoms with Crippen molar-refractivity contribution in [3.05, 3.63) is 141 Å². The number of halogens is 3. The molecule has 0 aliphatic carbocycles. The van der Waals surface area contributed by atoms with E-state index in [2.05, 4.69) is 4.98 Å². The van der Waals surface area contributed by atoms with Crippen molar-refractivity contribution in [3.8, 4) is 34.6 Å². The zero-order chi connectivity index (χ0) is 30.3. The molecule has 0 bridgehead atoms. The smallest absolute Gasteiger partial charge is 0.311 e. The van der Waals surface area contributed by atoms with Crippen molar-refractivity contribution in [2.45, 2.75) is 20.1 Å². The molecule has 0 spiro atoms. The SMILES string of the molecule is Cc1ccc(Oc2nc(F)c(F)c(Oc3ccc([N+](=O)[O-])c(OCc4ccccc4)c3)c2F)cc1OCc1ccccc1. The average Bonchev–Trinajstić information content (AvgIpc) is 3.02. The van der Waals surface area contributed by atoms with E-state index in [-0.39, 0.29) is 30.5 Å². The number of hydrogen-bond donors (Lipinski definition) is 0. The van der Waals surface area contributed by atoms with E-state index < -0.39 is 39.8 Å². The van der Waals surface area contributed by atoms with E-state index in [0.29, 0.717) is 5.75 Å². The molecule has 1 aromatic heterocycles. The third kappa shape index (κ3) is 7.02. The molecule has 0 radical (unpaired) electrons. The van der Waals surface area contributed by atoms with Crippen molar-refractivity contribution in [2.24, 2.45) is 0 Å². The van der Waals surface area contributed by atoms with E-state index in [9.17, 15) is 18.9 Å². The van der Waals surface area contributed by atoms with E-state index in [0.717, 1.165) is 34.9 Å². The van der Waals surface area contributed by atoms with Crippen LogP contribution < -0.4 is 18.9 Å². The van der Waals surface area contributed by atoms with Gasteiger partial charge in [0.15, 0.2) is 0 Å². The molecule has 0 aliphatic heterocycles. The van der Waals surface area contributed by atoms with E-state index in [1.165, 1.54) is 12.1 Å². The molecule has 0 saturated heterocycles. The molecule has 218 valence electrons. The van der Waals surface area contributed by atoms with Crippen LogP contribution in [0.1, 0.15) is 16.7 Å². The molecule has 0 aliphatic rings. The zero-order valence-corrected chi connectivity index (χ0v) is 22.6. The first-order valence-electron chi connectivity index (χ1n) is 12.9. The molecule has 0 atom stereocenters. The Kier molecular flexibility index (Phi) is 8.71. The van der Waals surface area contributed by atoms with Gasteiger partial charge in [-0.2, -0.15) is 18.2 Å². The van der Waals surface area contributed by atoms with Crippen LogP contribution in [0.4, 0.5) is 18.9 Å². The summed E-state index contributed by atoms with van der Waals surface area (Å²) >= 11 is 0. The van der Waals surface area contributed by atoms with Gasteiger partial charge in [0.2, 0.25) is 23.1 Å². The maximum absolute atomic E-state index is 15.4. The molecule has 0 amide bonds. The molecule has 0 unspecified atom stereocenters. The highest BCUT2D eigenvalue weighted by Gasteiger charge is 2.26. The molecular formula is C32H23F3N2O6. The molecule has 8 nitrogen and oxygen atoms in total. The molecule has 5 aromatic rings. The minimum atomic E-state index is -1.72. The van der Waals surface area contributed by atoms with Gasteiger partial charge in [-0.3, -0.25) is 10.1 Å². The Hall–Kier alpha value is -5.58. The Morgan fingerprint density at radius 2 is 1.28 bits per heavy atom. The Balaban J connectivity index is 1.38. The minimum Gasteiger partial charge on any atom is -0.488 e. The lowest BCUT2D eigenvalue weighted by molar-refractivity contribution is -0.386. The first-order valence-corrected chi connectivity index (χ1v) is 12.9. The van der Waals surface area contributed by atoms with E-state index in [1.807, 2.05) is 30.3 Å². The molecule has 43 heavy (non-hydrogen) atoms. The molecule has 11 heteroatoms. The lowest BCUT2D eigenvalue weighted by Gasteiger charge is -2.14. The highest BCUT2D eigenvalue weighted by Crippen LogP contribution is 2.39. The Labute approximate surface area is 244 Å². The largest absolute Gasteiger partial charge is 0.488 e. The molecule has 0 saturated carbocycles. The van der Waals surface area contributed by atoms with Gasteiger partial charge in [-0.05, 0) is 35.7 Å². The lowest BCUT2D eigenvalue weighted by atomic mass is 10.2. The number of pyridine rings is 1. The van der Waals surface area contributed by atoms with Crippen LogP contribution in [0.15, 0.2) is 97.1 Å². The third-order valence-electron chi connectivity index (χ3n) is 6.16. The minimum absolute atomic E-state index is 0.0245. The van der Waals surface area contributed by atoms with E-state index in [1.54, 1.807) is 43.3 Å². The zero-order valence-electron chi connectivity index (χ0n) is 22.6. The number of aryl methyl sites for hydroxylation is 1. The molecule has 4 aromatic carbocycles. The summed E-state index contributed by atoms with van der Waals surface area (Å²) in [6.45, 7) is 2.03. The fourth-order valence-electron chi connectivity index (χ4n) is 3.96. The maximum atomic E-state index is 15.4. The summed E-state index contributed by atoms with van der Waals surface area (Å²) in [5.74, 6) is -6.88. The van der Waals surface area contributed by atoms with Gasteiger partial charge in [0.05, 0.1) is 4.92 Å². The van der Waals surface area contributed by atoms with E-state index >= 15 is 4.39 Å². The van der Waals surface area contributed by atoms with Gasteiger partial charge >= 0.3 is 5.69 Å².